The van der Waals surface area contributed by atoms with Gasteiger partial charge in [0.25, 0.3) is 0 Å². The standard InChI is InChI=1S/C16H15Cl2N3/c1-2-9-21-15-12(18)7-4-8-13(15)20-16(21)10-5-3-6-11(17)14(10)19/h3-8H,2,9,19H2,1H3. The maximum Gasteiger partial charge on any atom is 0.143 e. The summed E-state index contributed by atoms with van der Waals surface area (Å²) in [4.78, 5) is 4.70. The lowest BCUT2D eigenvalue weighted by Crippen LogP contribution is -2.02. The van der Waals surface area contributed by atoms with Crippen molar-refractivity contribution in [2.45, 2.75) is 19.9 Å². The van der Waals surface area contributed by atoms with Gasteiger partial charge in [0.1, 0.15) is 5.82 Å². The lowest BCUT2D eigenvalue weighted by Gasteiger charge is -2.11. The van der Waals surface area contributed by atoms with E-state index >= 15 is 0 Å². The lowest BCUT2D eigenvalue weighted by atomic mass is 10.1. The van der Waals surface area contributed by atoms with Gasteiger partial charge in [0.2, 0.25) is 0 Å². The quantitative estimate of drug-likeness (QED) is 0.690. The number of aromatic nitrogens is 2. The summed E-state index contributed by atoms with van der Waals surface area (Å²) in [5, 5.41) is 1.23. The van der Waals surface area contributed by atoms with Gasteiger partial charge in [-0.15, -0.1) is 0 Å². The first-order valence-corrected chi connectivity index (χ1v) is 7.58. The van der Waals surface area contributed by atoms with E-state index in [-0.39, 0.29) is 0 Å². The summed E-state index contributed by atoms with van der Waals surface area (Å²) >= 11 is 12.5. The van der Waals surface area contributed by atoms with E-state index in [2.05, 4.69) is 11.5 Å². The molecule has 3 nitrogen and oxygen atoms in total. The Hall–Kier alpha value is -1.71. The Bertz CT molecular complexity index is 809. The van der Waals surface area contributed by atoms with E-state index in [1.54, 1.807) is 6.07 Å². The normalized spacial score (nSPS) is 11.2. The molecule has 0 aliphatic rings. The van der Waals surface area contributed by atoms with Gasteiger partial charge in [-0.25, -0.2) is 4.98 Å². The summed E-state index contributed by atoms with van der Waals surface area (Å²) in [5.41, 5.74) is 9.31. The Morgan fingerprint density at radius 1 is 1.10 bits per heavy atom. The van der Waals surface area contributed by atoms with Crippen LogP contribution in [0, 0.1) is 0 Å². The van der Waals surface area contributed by atoms with Gasteiger partial charge in [0, 0.05) is 12.1 Å². The first-order valence-electron chi connectivity index (χ1n) is 6.82. The average molecular weight is 320 g/mol. The number of nitrogen functional groups attached to an aromatic ring is 1. The number of para-hydroxylation sites is 2. The summed E-state index contributed by atoms with van der Waals surface area (Å²) in [6, 6.07) is 11.3. The van der Waals surface area contributed by atoms with Crippen LogP contribution in [-0.2, 0) is 6.54 Å². The highest BCUT2D eigenvalue weighted by Crippen LogP contribution is 2.35. The van der Waals surface area contributed by atoms with E-state index in [0.29, 0.717) is 15.7 Å². The van der Waals surface area contributed by atoms with Crippen LogP contribution in [0.1, 0.15) is 13.3 Å². The molecule has 0 spiro atoms. The van der Waals surface area contributed by atoms with Gasteiger partial charge in [0.05, 0.1) is 26.8 Å². The molecular weight excluding hydrogens is 305 g/mol. The molecule has 2 aromatic carbocycles. The average Bonchev–Trinajstić information content (AvgIpc) is 2.82. The number of anilines is 1. The lowest BCUT2D eigenvalue weighted by molar-refractivity contribution is 0.704. The zero-order valence-corrected chi connectivity index (χ0v) is 13.1. The summed E-state index contributed by atoms with van der Waals surface area (Å²) in [7, 11) is 0. The molecule has 0 saturated heterocycles. The van der Waals surface area contributed by atoms with Gasteiger partial charge in [-0.2, -0.15) is 0 Å². The van der Waals surface area contributed by atoms with Crippen LogP contribution in [0.2, 0.25) is 10.0 Å². The molecule has 0 amide bonds. The fourth-order valence-electron chi connectivity index (χ4n) is 2.52. The van der Waals surface area contributed by atoms with Crippen LogP contribution in [0.5, 0.6) is 0 Å². The highest BCUT2D eigenvalue weighted by molar-refractivity contribution is 6.35. The Kier molecular flexibility index (Phi) is 3.79. The van der Waals surface area contributed by atoms with E-state index in [0.717, 1.165) is 35.4 Å². The highest BCUT2D eigenvalue weighted by Gasteiger charge is 2.17. The van der Waals surface area contributed by atoms with Gasteiger partial charge in [-0.1, -0.05) is 42.3 Å². The topological polar surface area (TPSA) is 43.8 Å². The molecule has 0 aliphatic carbocycles. The van der Waals surface area contributed by atoms with Gasteiger partial charge in [0.15, 0.2) is 0 Å². The number of rotatable bonds is 3. The van der Waals surface area contributed by atoms with Crippen molar-refractivity contribution >= 4 is 39.9 Å². The van der Waals surface area contributed by atoms with Crippen molar-refractivity contribution in [3.8, 4) is 11.4 Å². The first kappa shape index (κ1) is 14.2. The minimum absolute atomic E-state index is 0.536. The second-order valence-electron chi connectivity index (χ2n) is 4.90. The number of halogens is 2. The number of nitrogens with two attached hydrogens (primary N) is 1. The Labute approximate surface area is 133 Å². The van der Waals surface area contributed by atoms with Gasteiger partial charge in [-0.3, -0.25) is 0 Å². The first-order chi connectivity index (χ1) is 10.1. The third-order valence-electron chi connectivity index (χ3n) is 3.46. The fraction of sp³-hybridized carbons (Fsp3) is 0.188. The predicted molar refractivity (Wildman–Crippen MR) is 89.9 cm³/mol. The van der Waals surface area contributed by atoms with Crippen LogP contribution in [0.3, 0.4) is 0 Å². The molecule has 108 valence electrons. The van der Waals surface area contributed by atoms with Crippen molar-refractivity contribution in [1.82, 2.24) is 9.55 Å². The van der Waals surface area contributed by atoms with Crippen molar-refractivity contribution < 1.29 is 0 Å². The summed E-state index contributed by atoms with van der Waals surface area (Å²) in [5.74, 6) is 0.806. The summed E-state index contributed by atoms with van der Waals surface area (Å²) in [6.45, 7) is 2.94. The molecule has 3 rings (SSSR count). The van der Waals surface area contributed by atoms with E-state index in [9.17, 15) is 0 Å². The molecule has 3 aromatic rings. The van der Waals surface area contributed by atoms with Gasteiger partial charge in [-0.05, 0) is 30.7 Å². The molecule has 1 aromatic heterocycles. The Balaban J connectivity index is 2.34. The highest BCUT2D eigenvalue weighted by atomic mass is 35.5. The minimum atomic E-state index is 0.536. The number of benzene rings is 2. The maximum atomic E-state index is 6.35. The number of imidazole rings is 1. The van der Waals surface area contributed by atoms with Gasteiger partial charge >= 0.3 is 0 Å². The Morgan fingerprint density at radius 2 is 1.81 bits per heavy atom. The third-order valence-corrected chi connectivity index (χ3v) is 4.09. The molecule has 1 heterocycles. The molecule has 0 atom stereocenters. The van der Waals surface area contributed by atoms with Crippen LogP contribution in [0.4, 0.5) is 5.69 Å². The molecule has 0 saturated carbocycles. The second kappa shape index (κ2) is 5.58. The summed E-state index contributed by atoms with van der Waals surface area (Å²) in [6.07, 6.45) is 0.976. The molecule has 0 aliphatic heterocycles. The largest absolute Gasteiger partial charge is 0.397 e. The van der Waals surface area contributed by atoms with E-state index in [4.69, 9.17) is 33.9 Å². The molecule has 21 heavy (non-hydrogen) atoms. The molecule has 2 N–H and O–H groups in total. The van der Waals surface area contributed by atoms with Crippen molar-refractivity contribution in [3.05, 3.63) is 46.4 Å². The van der Waals surface area contributed by atoms with Crippen molar-refractivity contribution in [2.75, 3.05) is 5.73 Å². The maximum absolute atomic E-state index is 6.35. The smallest absolute Gasteiger partial charge is 0.143 e. The zero-order chi connectivity index (χ0) is 15.0. The molecule has 0 fully saturated rings. The third kappa shape index (κ3) is 2.37. The predicted octanol–water partition coefficient (Wildman–Crippen LogP) is 5.00. The van der Waals surface area contributed by atoms with E-state index in [1.807, 2.05) is 30.3 Å². The number of hydrogen-bond donors (Lipinski definition) is 1. The van der Waals surface area contributed by atoms with E-state index in [1.165, 1.54) is 0 Å². The van der Waals surface area contributed by atoms with Crippen molar-refractivity contribution in [3.63, 3.8) is 0 Å². The number of nitrogens with zero attached hydrogens (tertiary/aromatic N) is 2. The molecule has 5 heteroatoms. The fourth-order valence-corrected chi connectivity index (χ4v) is 2.97. The Morgan fingerprint density at radius 3 is 2.57 bits per heavy atom. The van der Waals surface area contributed by atoms with Crippen LogP contribution < -0.4 is 5.73 Å². The zero-order valence-electron chi connectivity index (χ0n) is 11.6. The second-order valence-corrected chi connectivity index (χ2v) is 5.71. The number of fused-ring (bicyclic) bond motifs is 1. The molecule has 0 unspecified atom stereocenters. The molecular formula is C16H15Cl2N3. The molecule has 0 bridgehead atoms. The monoisotopic (exact) mass is 319 g/mol. The molecule has 0 radical (unpaired) electrons. The van der Waals surface area contributed by atoms with Crippen LogP contribution in [-0.4, -0.2) is 9.55 Å². The SMILES string of the molecule is CCCn1c(-c2cccc(Cl)c2N)nc2cccc(Cl)c21. The number of aryl methyl sites for hydroxylation is 1. The van der Waals surface area contributed by atoms with Crippen molar-refractivity contribution in [2.24, 2.45) is 0 Å². The van der Waals surface area contributed by atoms with Crippen molar-refractivity contribution in [1.29, 1.82) is 0 Å². The number of hydrogen-bond acceptors (Lipinski definition) is 2. The van der Waals surface area contributed by atoms with Crippen LogP contribution in [0.25, 0.3) is 22.4 Å². The van der Waals surface area contributed by atoms with E-state index < -0.39 is 0 Å². The summed E-state index contributed by atoms with van der Waals surface area (Å²) < 4.78 is 2.11. The van der Waals surface area contributed by atoms with Crippen LogP contribution in [0.15, 0.2) is 36.4 Å². The van der Waals surface area contributed by atoms with Crippen LogP contribution >= 0.6 is 23.2 Å². The minimum Gasteiger partial charge on any atom is -0.397 e. The van der Waals surface area contributed by atoms with Gasteiger partial charge < -0.3 is 10.3 Å².